The molecule has 4 heteroatoms. The fourth-order valence-corrected chi connectivity index (χ4v) is 2.98. The third-order valence-corrected chi connectivity index (χ3v) is 5.14. The summed E-state index contributed by atoms with van der Waals surface area (Å²) in [5.74, 6) is 0.520. The van der Waals surface area contributed by atoms with Crippen molar-refractivity contribution in [2.45, 2.75) is 27.7 Å². The van der Waals surface area contributed by atoms with Crippen molar-refractivity contribution in [3.8, 4) is 0 Å². The first kappa shape index (κ1) is 12.7. The van der Waals surface area contributed by atoms with Gasteiger partial charge in [0, 0.05) is 17.2 Å². The molecule has 17 heavy (non-hydrogen) atoms. The maximum Gasteiger partial charge on any atom is 0.267 e. The second kappa shape index (κ2) is 3.87. The molecule has 0 atom stereocenters. The fraction of sp³-hybridized carbons (Fsp3) is 0.615. The van der Waals surface area contributed by atoms with Crippen molar-refractivity contribution < 1.29 is 4.79 Å². The number of amides is 1. The average Bonchev–Trinajstić information content (AvgIpc) is 2.55. The molecule has 1 saturated carbocycles. The van der Waals surface area contributed by atoms with Gasteiger partial charge in [-0.1, -0.05) is 27.7 Å². The van der Waals surface area contributed by atoms with Crippen molar-refractivity contribution in [1.29, 1.82) is 0 Å². The molecule has 1 heterocycles. The summed E-state index contributed by atoms with van der Waals surface area (Å²) in [5.41, 5.74) is 1.24. The number of carbonyl (C=O) groups excluding carboxylic acids is 1. The van der Waals surface area contributed by atoms with Gasteiger partial charge < -0.3 is 10.3 Å². The first-order valence-electron chi connectivity index (χ1n) is 5.89. The van der Waals surface area contributed by atoms with Crippen LogP contribution in [0.3, 0.4) is 0 Å². The summed E-state index contributed by atoms with van der Waals surface area (Å²) in [6.07, 6.45) is 1.76. The van der Waals surface area contributed by atoms with Gasteiger partial charge in [0.2, 0.25) is 0 Å². The normalized spacial score (nSPS) is 21.2. The number of nitrogens with one attached hydrogen (secondary N) is 2. The highest BCUT2D eigenvalue weighted by Crippen LogP contribution is 2.67. The molecular weight excluding hydrogens is 280 g/mol. The number of rotatable bonds is 3. The Morgan fingerprint density at radius 1 is 1.41 bits per heavy atom. The van der Waals surface area contributed by atoms with Gasteiger partial charge in [0.1, 0.15) is 5.69 Å². The van der Waals surface area contributed by atoms with Crippen LogP contribution < -0.4 is 5.32 Å². The summed E-state index contributed by atoms with van der Waals surface area (Å²) in [5, 5.41) is 2.99. The molecule has 0 aliphatic heterocycles. The van der Waals surface area contributed by atoms with Crippen molar-refractivity contribution in [2.24, 2.45) is 16.7 Å². The molecule has 0 spiro atoms. The Morgan fingerprint density at radius 3 is 2.41 bits per heavy atom. The van der Waals surface area contributed by atoms with Crippen LogP contribution in [0.1, 0.15) is 38.2 Å². The summed E-state index contributed by atoms with van der Waals surface area (Å²) in [7, 11) is 0. The molecule has 1 amide bonds. The molecule has 0 bridgehead atoms. The van der Waals surface area contributed by atoms with Crippen LogP contribution in [0, 0.1) is 16.7 Å². The van der Waals surface area contributed by atoms with Crippen LogP contribution in [0.15, 0.2) is 16.7 Å². The molecule has 0 saturated heterocycles. The SMILES string of the molecule is CC1(C)C(CNC(=O)c2cc(Br)c[nH]2)C1(C)C. The van der Waals surface area contributed by atoms with Crippen molar-refractivity contribution in [3.63, 3.8) is 0 Å². The highest BCUT2D eigenvalue weighted by atomic mass is 79.9. The number of aromatic amines is 1. The van der Waals surface area contributed by atoms with Crippen LogP contribution in [-0.4, -0.2) is 17.4 Å². The van der Waals surface area contributed by atoms with Gasteiger partial charge in [-0.2, -0.15) is 0 Å². The van der Waals surface area contributed by atoms with E-state index in [-0.39, 0.29) is 5.91 Å². The van der Waals surface area contributed by atoms with Gasteiger partial charge in [-0.05, 0) is 38.7 Å². The van der Waals surface area contributed by atoms with E-state index >= 15 is 0 Å². The maximum absolute atomic E-state index is 11.8. The molecule has 1 fully saturated rings. The zero-order valence-corrected chi connectivity index (χ0v) is 12.3. The largest absolute Gasteiger partial charge is 0.356 e. The number of hydrogen-bond donors (Lipinski definition) is 2. The molecule has 2 rings (SSSR count). The van der Waals surface area contributed by atoms with E-state index in [1.54, 1.807) is 12.3 Å². The number of halogens is 1. The smallest absolute Gasteiger partial charge is 0.267 e. The Kier molecular flexibility index (Phi) is 2.89. The van der Waals surface area contributed by atoms with Gasteiger partial charge in [-0.3, -0.25) is 4.79 Å². The Labute approximate surface area is 110 Å². The highest BCUT2D eigenvalue weighted by Gasteiger charge is 2.64. The van der Waals surface area contributed by atoms with Gasteiger partial charge in [-0.25, -0.2) is 0 Å². The zero-order chi connectivity index (χ0) is 12.8. The zero-order valence-electron chi connectivity index (χ0n) is 10.7. The molecule has 2 N–H and O–H groups in total. The summed E-state index contributed by atoms with van der Waals surface area (Å²) in [6.45, 7) is 9.78. The molecular formula is C13H19BrN2O. The van der Waals surface area contributed by atoms with E-state index in [9.17, 15) is 4.79 Å². The lowest BCUT2D eigenvalue weighted by Crippen LogP contribution is -2.27. The third kappa shape index (κ3) is 2.03. The Hall–Kier alpha value is -0.770. The molecule has 1 aliphatic rings. The predicted octanol–water partition coefficient (Wildman–Crippen LogP) is 3.19. The molecule has 1 aromatic rings. The minimum absolute atomic E-state index is 0.0331. The second-order valence-electron chi connectivity index (χ2n) is 5.94. The topological polar surface area (TPSA) is 44.9 Å². The van der Waals surface area contributed by atoms with E-state index in [1.165, 1.54) is 0 Å². The van der Waals surface area contributed by atoms with E-state index in [1.807, 2.05) is 0 Å². The number of carbonyl (C=O) groups is 1. The number of aromatic nitrogens is 1. The second-order valence-corrected chi connectivity index (χ2v) is 6.85. The van der Waals surface area contributed by atoms with Gasteiger partial charge >= 0.3 is 0 Å². The standard InChI is InChI=1S/C13H19BrN2O/c1-12(2)10(13(12,3)4)7-16-11(17)9-5-8(14)6-15-9/h5-6,10,15H,7H2,1-4H3,(H,16,17). The first-order chi connectivity index (χ1) is 7.76. The minimum atomic E-state index is -0.0331. The molecule has 0 aromatic carbocycles. The van der Waals surface area contributed by atoms with Gasteiger partial charge in [-0.15, -0.1) is 0 Å². The quantitative estimate of drug-likeness (QED) is 0.884. The van der Waals surface area contributed by atoms with E-state index < -0.39 is 0 Å². The first-order valence-corrected chi connectivity index (χ1v) is 6.68. The van der Waals surface area contributed by atoms with Crippen LogP contribution in [0.5, 0.6) is 0 Å². The van der Waals surface area contributed by atoms with Crippen molar-refractivity contribution >= 4 is 21.8 Å². The third-order valence-electron chi connectivity index (χ3n) is 4.68. The lowest BCUT2D eigenvalue weighted by molar-refractivity contribution is 0.0945. The minimum Gasteiger partial charge on any atom is -0.356 e. The summed E-state index contributed by atoms with van der Waals surface area (Å²) >= 11 is 3.32. The van der Waals surface area contributed by atoms with E-state index in [2.05, 4.69) is 53.9 Å². The molecule has 94 valence electrons. The average molecular weight is 299 g/mol. The van der Waals surface area contributed by atoms with Crippen molar-refractivity contribution in [1.82, 2.24) is 10.3 Å². The fourth-order valence-electron chi connectivity index (χ4n) is 2.63. The monoisotopic (exact) mass is 298 g/mol. The Balaban J connectivity index is 1.91. The van der Waals surface area contributed by atoms with Gasteiger partial charge in [0.25, 0.3) is 5.91 Å². The molecule has 0 radical (unpaired) electrons. The lowest BCUT2D eigenvalue weighted by Gasteiger charge is -2.04. The summed E-state index contributed by atoms with van der Waals surface area (Å²) < 4.78 is 0.898. The van der Waals surface area contributed by atoms with Gasteiger partial charge in [0.15, 0.2) is 0 Å². The predicted molar refractivity (Wildman–Crippen MR) is 71.9 cm³/mol. The highest BCUT2D eigenvalue weighted by molar-refractivity contribution is 9.10. The number of H-pyrrole nitrogens is 1. The van der Waals surface area contributed by atoms with Crippen molar-refractivity contribution in [2.75, 3.05) is 6.54 Å². The lowest BCUT2D eigenvalue weighted by atomic mass is 10.0. The number of hydrogen-bond acceptors (Lipinski definition) is 1. The van der Waals surface area contributed by atoms with Crippen LogP contribution in [0.2, 0.25) is 0 Å². The van der Waals surface area contributed by atoms with Gasteiger partial charge in [0.05, 0.1) is 0 Å². The summed E-state index contributed by atoms with van der Waals surface area (Å²) in [6, 6.07) is 1.79. The van der Waals surface area contributed by atoms with Crippen LogP contribution in [0.25, 0.3) is 0 Å². The maximum atomic E-state index is 11.8. The van der Waals surface area contributed by atoms with Crippen LogP contribution in [-0.2, 0) is 0 Å². The molecule has 0 unspecified atom stereocenters. The molecule has 3 nitrogen and oxygen atoms in total. The van der Waals surface area contributed by atoms with E-state index in [0.29, 0.717) is 22.4 Å². The molecule has 1 aromatic heterocycles. The Bertz CT molecular complexity index is 434. The Morgan fingerprint density at radius 2 is 2.00 bits per heavy atom. The molecule has 1 aliphatic carbocycles. The van der Waals surface area contributed by atoms with Crippen LogP contribution in [0.4, 0.5) is 0 Å². The van der Waals surface area contributed by atoms with Crippen LogP contribution >= 0.6 is 15.9 Å². The van der Waals surface area contributed by atoms with E-state index in [4.69, 9.17) is 0 Å². The van der Waals surface area contributed by atoms with E-state index in [0.717, 1.165) is 11.0 Å². The summed E-state index contributed by atoms with van der Waals surface area (Å²) in [4.78, 5) is 14.8. The van der Waals surface area contributed by atoms with Crippen molar-refractivity contribution in [3.05, 3.63) is 22.4 Å².